The first-order valence-corrected chi connectivity index (χ1v) is 20.8. The molecule has 324 valence electrons. The molecule has 19 heteroatoms. The lowest BCUT2D eigenvalue weighted by Crippen LogP contribution is -2.52. The summed E-state index contributed by atoms with van der Waals surface area (Å²) in [5.74, 6) is -0.466. The summed E-state index contributed by atoms with van der Waals surface area (Å²) < 4.78 is 0. The van der Waals surface area contributed by atoms with Crippen LogP contribution in [-0.4, -0.2) is 127 Å². The quantitative estimate of drug-likeness (QED) is 0.0640. The van der Waals surface area contributed by atoms with Gasteiger partial charge in [0.15, 0.2) is 5.82 Å². The van der Waals surface area contributed by atoms with E-state index in [2.05, 4.69) is 46.8 Å². The fraction of sp³-hybridized carbons (Fsp3) is 0.405. The number of allylic oxidation sites excluding steroid dienone is 2. The second-order valence-electron chi connectivity index (χ2n) is 14.9. The molecule has 18 nitrogen and oxygen atoms in total. The number of nitrogens with one attached hydrogen (secondary N) is 6. The van der Waals surface area contributed by atoms with Gasteiger partial charge in [-0.2, -0.15) is 4.98 Å². The molecule has 0 spiro atoms. The number of fused-ring (bicyclic) bond motifs is 1. The average molecular weight is 857 g/mol. The fourth-order valence-corrected chi connectivity index (χ4v) is 7.68. The van der Waals surface area contributed by atoms with E-state index in [1.807, 2.05) is 42.5 Å². The number of aromatic nitrogens is 2. The van der Waals surface area contributed by atoms with Gasteiger partial charge in [-0.05, 0) is 73.9 Å². The Balaban J connectivity index is 0.864. The van der Waals surface area contributed by atoms with Crippen LogP contribution in [0.15, 0.2) is 78.1 Å². The maximum Gasteiger partial charge on any atom is 0.317 e. The molecular weight excluding hydrogens is 804 g/mol. The molecule has 3 aromatic rings. The van der Waals surface area contributed by atoms with Crippen LogP contribution in [0.2, 0.25) is 5.02 Å². The van der Waals surface area contributed by atoms with Gasteiger partial charge in [-0.25, -0.2) is 9.78 Å². The van der Waals surface area contributed by atoms with E-state index in [0.29, 0.717) is 98.9 Å². The van der Waals surface area contributed by atoms with Crippen LogP contribution in [0, 0.1) is 5.92 Å². The minimum atomic E-state index is -0.898. The molecule has 0 saturated carbocycles. The first-order chi connectivity index (χ1) is 29.5. The number of aliphatic hydroxyl groups is 1. The lowest BCUT2D eigenvalue weighted by Gasteiger charge is -2.36. The molecule has 0 radical (unpaired) electrons. The molecule has 1 aliphatic carbocycles. The number of hydrogen-bond acceptors (Lipinski definition) is 13. The number of aldehydes is 1. The van der Waals surface area contributed by atoms with Gasteiger partial charge in [0.25, 0.3) is 5.91 Å². The number of anilines is 5. The molecule has 3 atom stereocenters. The molecule has 2 saturated heterocycles. The standard InChI is InChI=1S/C42H53ClN12O6/c1-45-39(59)31-6-2-3-8-34(31)51-38-33(43)24-48-41(52-38)49-27-11-13-28(14-12-27)53-20-22-54(23-21-53)42(61)47-19-18-46-17-5-10-37(58)50-35-9-4-7-30-32(35)25-55(40(30)60)29(26-56)15-16-36(44)57/h2-4,6,8-9,11-14,24,26,29-30,40,46,60H,5,7,10,15-23,25H2,1H3,(H2,44,57)(H,45,59)(H,47,61)(H,50,58)(H2,48,49,51,52). The van der Waals surface area contributed by atoms with Gasteiger partial charge in [0.05, 0.1) is 23.5 Å². The van der Waals surface area contributed by atoms with Gasteiger partial charge in [-0.1, -0.05) is 29.8 Å². The van der Waals surface area contributed by atoms with Crippen molar-refractivity contribution in [3.8, 4) is 0 Å². The molecule has 3 unspecified atom stereocenters. The highest BCUT2D eigenvalue weighted by molar-refractivity contribution is 6.33. The number of rotatable bonds is 19. The zero-order valence-electron chi connectivity index (χ0n) is 34.0. The summed E-state index contributed by atoms with van der Waals surface area (Å²) in [5, 5.41) is 29.4. The van der Waals surface area contributed by atoms with Crippen LogP contribution >= 0.6 is 11.6 Å². The topological polar surface area (TPSA) is 239 Å². The van der Waals surface area contributed by atoms with Crippen molar-refractivity contribution < 1.29 is 29.1 Å². The summed E-state index contributed by atoms with van der Waals surface area (Å²) >= 11 is 6.38. The van der Waals surface area contributed by atoms with Crippen molar-refractivity contribution in [2.24, 2.45) is 11.7 Å². The van der Waals surface area contributed by atoms with Crippen molar-refractivity contribution in [2.45, 2.75) is 44.4 Å². The first kappa shape index (κ1) is 44.5. The van der Waals surface area contributed by atoms with E-state index in [0.717, 1.165) is 23.2 Å². The molecule has 3 heterocycles. The Labute approximate surface area is 359 Å². The highest BCUT2D eigenvalue weighted by Crippen LogP contribution is 2.37. The maximum atomic E-state index is 12.9. The number of primary amides is 1. The molecule has 2 aromatic carbocycles. The number of carbonyl (C=O) groups excluding carboxylic acids is 5. The van der Waals surface area contributed by atoms with E-state index in [1.54, 1.807) is 35.0 Å². The predicted molar refractivity (Wildman–Crippen MR) is 233 cm³/mol. The number of carbonyl (C=O) groups is 5. The second kappa shape index (κ2) is 21.4. The molecule has 1 aromatic heterocycles. The van der Waals surface area contributed by atoms with Crippen molar-refractivity contribution in [2.75, 3.05) is 74.9 Å². The van der Waals surface area contributed by atoms with Crippen LogP contribution in [0.3, 0.4) is 0 Å². The molecule has 0 bridgehead atoms. The Morgan fingerprint density at radius 2 is 1.77 bits per heavy atom. The first-order valence-electron chi connectivity index (χ1n) is 20.4. The summed E-state index contributed by atoms with van der Waals surface area (Å²) in [6.07, 6.45) is 6.79. The van der Waals surface area contributed by atoms with Gasteiger partial charge < -0.3 is 57.3 Å². The molecule has 9 N–H and O–H groups in total. The van der Waals surface area contributed by atoms with E-state index in [9.17, 15) is 29.1 Å². The zero-order valence-corrected chi connectivity index (χ0v) is 34.8. The van der Waals surface area contributed by atoms with Crippen LogP contribution in [-0.2, 0) is 14.4 Å². The lowest BCUT2D eigenvalue weighted by molar-refractivity contribution is -0.121. The third kappa shape index (κ3) is 11.8. The van der Waals surface area contributed by atoms with Crippen molar-refractivity contribution in [3.05, 3.63) is 88.7 Å². The number of amides is 5. The van der Waals surface area contributed by atoms with Crippen molar-refractivity contribution in [1.29, 1.82) is 0 Å². The number of urea groups is 1. The number of halogens is 1. The molecule has 6 rings (SSSR count). The van der Waals surface area contributed by atoms with Gasteiger partial charge in [0.2, 0.25) is 17.8 Å². The Bertz CT molecular complexity index is 2110. The SMILES string of the molecule is CNC(=O)c1ccccc1Nc1nc(Nc2ccc(N3CCN(C(=O)NCCNCCCC(=O)NC4=C5CN(C(C=O)CCC(N)=O)C(O)C5CC=C4)CC3)cc2)ncc1Cl. The largest absolute Gasteiger partial charge is 0.378 e. The number of nitrogens with two attached hydrogens (primary N) is 1. The summed E-state index contributed by atoms with van der Waals surface area (Å²) in [4.78, 5) is 75.5. The number of hydrogen-bond donors (Lipinski definition) is 8. The van der Waals surface area contributed by atoms with Gasteiger partial charge >= 0.3 is 6.03 Å². The minimum Gasteiger partial charge on any atom is -0.378 e. The smallest absolute Gasteiger partial charge is 0.317 e. The zero-order chi connectivity index (χ0) is 43.3. The number of likely N-dealkylation sites (tertiary alicyclic amines) is 1. The molecule has 3 aliphatic rings. The van der Waals surface area contributed by atoms with Crippen LogP contribution < -0.4 is 42.5 Å². The van der Waals surface area contributed by atoms with Crippen LogP contribution in [0.5, 0.6) is 0 Å². The van der Waals surface area contributed by atoms with E-state index in [-0.39, 0.29) is 43.0 Å². The molecule has 2 fully saturated rings. The van der Waals surface area contributed by atoms with E-state index < -0.39 is 18.2 Å². The van der Waals surface area contributed by atoms with Crippen molar-refractivity contribution in [1.82, 2.24) is 41.0 Å². The van der Waals surface area contributed by atoms with Crippen LogP contribution in [0.1, 0.15) is 42.5 Å². The van der Waals surface area contributed by atoms with Gasteiger partial charge in [0, 0.05) is 88.7 Å². The highest BCUT2D eigenvalue weighted by Gasteiger charge is 2.42. The summed E-state index contributed by atoms with van der Waals surface area (Å²) in [6, 6.07) is 14.2. The monoisotopic (exact) mass is 856 g/mol. The van der Waals surface area contributed by atoms with Crippen LogP contribution in [0.4, 0.5) is 33.6 Å². The van der Waals surface area contributed by atoms with Gasteiger partial charge in [-0.3, -0.25) is 19.3 Å². The average Bonchev–Trinajstić information content (AvgIpc) is 3.61. The van der Waals surface area contributed by atoms with Crippen molar-refractivity contribution >= 4 is 70.5 Å². The second-order valence-corrected chi connectivity index (χ2v) is 15.3. The molecule has 61 heavy (non-hydrogen) atoms. The molecule has 2 aliphatic heterocycles. The Morgan fingerprint density at radius 1 is 1.00 bits per heavy atom. The third-order valence-corrected chi connectivity index (χ3v) is 11.1. The van der Waals surface area contributed by atoms with Gasteiger partial charge in [-0.15, -0.1) is 0 Å². The maximum absolute atomic E-state index is 12.9. The Morgan fingerprint density at radius 3 is 2.51 bits per heavy atom. The van der Waals surface area contributed by atoms with Crippen molar-refractivity contribution in [3.63, 3.8) is 0 Å². The Hall–Kier alpha value is -6.08. The van der Waals surface area contributed by atoms with E-state index in [1.165, 1.54) is 6.20 Å². The fourth-order valence-electron chi connectivity index (χ4n) is 7.55. The number of para-hydroxylation sites is 1. The number of benzene rings is 2. The van der Waals surface area contributed by atoms with Crippen LogP contribution in [0.25, 0.3) is 0 Å². The van der Waals surface area contributed by atoms with E-state index in [4.69, 9.17) is 17.3 Å². The third-order valence-electron chi connectivity index (χ3n) is 10.9. The highest BCUT2D eigenvalue weighted by atomic mass is 35.5. The molecular formula is C42H53ClN12O6. The predicted octanol–water partition coefficient (Wildman–Crippen LogP) is 2.59. The van der Waals surface area contributed by atoms with E-state index >= 15 is 0 Å². The summed E-state index contributed by atoms with van der Waals surface area (Å²) in [5.41, 5.74) is 9.57. The van der Waals surface area contributed by atoms with Gasteiger partial charge in [0.1, 0.15) is 17.5 Å². The minimum absolute atomic E-state index is 0.0424. The number of piperazine rings is 1. The number of aliphatic hydroxyl groups excluding tert-OH is 1. The molecule has 5 amide bonds. The Kier molecular flexibility index (Phi) is 15.6. The summed E-state index contributed by atoms with van der Waals surface area (Å²) in [7, 11) is 1.57. The normalized spacial score (nSPS) is 18.0. The lowest BCUT2D eigenvalue weighted by atomic mass is 9.91. The number of nitrogens with zero attached hydrogens (tertiary/aromatic N) is 5. The summed E-state index contributed by atoms with van der Waals surface area (Å²) in [6.45, 7) is 4.41.